The molecule has 3 rings (SSSR count). The van der Waals surface area contributed by atoms with Crippen molar-refractivity contribution in [2.24, 2.45) is 7.05 Å². The second-order valence-electron chi connectivity index (χ2n) is 7.27. The standard InChI is InChI=1S/C23H28FN2/c1-7-17(8-2)18-10-9-11-19-22(18)25-13-26(6)23(19)20-12-14(3)21(24)16(5)15(20)4/h9-13,17H,7-8H2,1-6H3/q+1. The molecule has 0 N–H and O–H groups in total. The van der Waals surface area contributed by atoms with Crippen LogP contribution < -0.4 is 4.57 Å². The summed E-state index contributed by atoms with van der Waals surface area (Å²) in [5, 5.41) is 1.13. The molecule has 0 fully saturated rings. The van der Waals surface area contributed by atoms with E-state index in [1.165, 1.54) is 5.56 Å². The summed E-state index contributed by atoms with van der Waals surface area (Å²) < 4.78 is 16.4. The van der Waals surface area contributed by atoms with E-state index >= 15 is 0 Å². The van der Waals surface area contributed by atoms with E-state index in [1.807, 2.05) is 40.2 Å². The van der Waals surface area contributed by atoms with E-state index in [2.05, 4.69) is 36.6 Å². The molecular formula is C23H28FN2+. The average Bonchev–Trinajstić information content (AvgIpc) is 2.64. The third-order valence-corrected chi connectivity index (χ3v) is 5.72. The second-order valence-corrected chi connectivity index (χ2v) is 7.27. The van der Waals surface area contributed by atoms with Crippen LogP contribution in [0.2, 0.25) is 0 Å². The Labute approximate surface area is 155 Å². The SMILES string of the molecule is CCC(CC)c1cccc2c(-c3cc(C)c(F)c(C)c3C)[n+](C)cnc12. The summed E-state index contributed by atoms with van der Waals surface area (Å²) >= 11 is 0. The minimum Gasteiger partial charge on any atom is -0.232 e. The Bertz CT molecular complexity index is 972. The van der Waals surface area contributed by atoms with Gasteiger partial charge in [-0.3, -0.25) is 0 Å². The van der Waals surface area contributed by atoms with Crippen molar-refractivity contribution in [2.45, 2.75) is 53.4 Å². The maximum atomic E-state index is 14.3. The van der Waals surface area contributed by atoms with Gasteiger partial charge in [0.1, 0.15) is 11.5 Å². The van der Waals surface area contributed by atoms with Crippen LogP contribution in [0.1, 0.15) is 54.9 Å². The van der Waals surface area contributed by atoms with Gasteiger partial charge in [0, 0.05) is 11.1 Å². The summed E-state index contributed by atoms with van der Waals surface area (Å²) in [4.78, 5) is 4.76. The molecular weight excluding hydrogens is 323 g/mol. The van der Waals surface area contributed by atoms with Crippen LogP contribution in [0, 0.1) is 26.6 Å². The van der Waals surface area contributed by atoms with E-state index in [0.29, 0.717) is 11.5 Å². The number of rotatable bonds is 4. The highest BCUT2D eigenvalue weighted by Crippen LogP contribution is 2.34. The summed E-state index contributed by atoms with van der Waals surface area (Å²) in [6, 6.07) is 8.43. The van der Waals surface area contributed by atoms with Gasteiger partial charge in [0.2, 0.25) is 0 Å². The van der Waals surface area contributed by atoms with Crippen LogP contribution in [0.15, 0.2) is 30.6 Å². The van der Waals surface area contributed by atoms with Crippen molar-refractivity contribution in [3.63, 3.8) is 0 Å². The van der Waals surface area contributed by atoms with Crippen LogP contribution in [-0.4, -0.2) is 4.98 Å². The molecule has 0 atom stereocenters. The van der Waals surface area contributed by atoms with Gasteiger partial charge in [-0.1, -0.05) is 26.0 Å². The summed E-state index contributed by atoms with van der Waals surface area (Å²) in [6.45, 7) is 10.2. The fourth-order valence-electron chi connectivity index (χ4n) is 3.98. The summed E-state index contributed by atoms with van der Waals surface area (Å²) in [6.07, 6.45) is 4.08. The Balaban J connectivity index is 2.38. The molecule has 2 nitrogen and oxygen atoms in total. The average molecular weight is 351 g/mol. The number of hydrogen-bond acceptors (Lipinski definition) is 1. The highest BCUT2D eigenvalue weighted by molar-refractivity contribution is 5.93. The van der Waals surface area contributed by atoms with Gasteiger partial charge in [0.25, 0.3) is 6.33 Å². The highest BCUT2D eigenvalue weighted by atomic mass is 19.1. The molecule has 0 aliphatic carbocycles. The predicted molar refractivity (Wildman–Crippen MR) is 106 cm³/mol. The maximum Gasteiger partial charge on any atom is 0.287 e. The fraction of sp³-hybridized carbons (Fsp3) is 0.391. The molecule has 0 radical (unpaired) electrons. The van der Waals surface area contributed by atoms with E-state index < -0.39 is 0 Å². The molecule has 0 saturated heterocycles. The Kier molecular flexibility index (Phi) is 5.08. The Morgan fingerprint density at radius 1 is 1.08 bits per heavy atom. The van der Waals surface area contributed by atoms with Gasteiger partial charge in [0.15, 0.2) is 5.52 Å². The molecule has 0 amide bonds. The first kappa shape index (κ1) is 18.5. The lowest BCUT2D eigenvalue weighted by Gasteiger charge is -2.16. The molecule has 1 heterocycles. The number of halogens is 1. The van der Waals surface area contributed by atoms with Gasteiger partial charge in [-0.2, -0.15) is 0 Å². The lowest BCUT2D eigenvalue weighted by atomic mass is 9.90. The molecule has 0 aliphatic heterocycles. The molecule has 0 aliphatic rings. The lowest BCUT2D eigenvalue weighted by Crippen LogP contribution is -2.32. The van der Waals surface area contributed by atoms with E-state index in [9.17, 15) is 4.39 Å². The van der Waals surface area contributed by atoms with E-state index in [-0.39, 0.29) is 5.82 Å². The number of hydrogen-bond donors (Lipinski definition) is 0. The Morgan fingerprint density at radius 3 is 2.42 bits per heavy atom. The fourth-order valence-corrected chi connectivity index (χ4v) is 3.98. The zero-order valence-electron chi connectivity index (χ0n) is 16.7. The Hall–Kier alpha value is -2.29. The van der Waals surface area contributed by atoms with Crippen molar-refractivity contribution >= 4 is 10.9 Å². The number of para-hydroxylation sites is 1. The van der Waals surface area contributed by atoms with Gasteiger partial charge in [0.05, 0.1) is 12.4 Å². The molecule has 3 heteroatoms. The van der Waals surface area contributed by atoms with Crippen molar-refractivity contribution in [3.8, 4) is 11.3 Å². The van der Waals surface area contributed by atoms with Crippen molar-refractivity contribution in [3.05, 3.63) is 58.7 Å². The molecule has 2 aromatic carbocycles. The topological polar surface area (TPSA) is 16.8 Å². The zero-order chi connectivity index (χ0) is 19.0. The van der Waals surface area contributed by atoms with E-state index in [4.69, 9.17) is 4.98 Å². The number of benzene rings is 2. The largest absolute Gasteiger partial charge is 0.287 e. The van der Waals surface area contributed by atoms with Crippen molar-refractivity contribution in [1.82, 2.24) is 4.98 Å². The van der Waals surface area contributed by atoms with Gasteiger partial charge >= 0.3 is 0 Å². The van der Waals surface area contributed by atoms with Crippen LogP contribution in [0.25, 0.3) is 22.2 Å². The first-order chi connectivity index (χ1) is 12.4. The highest BCUT2D eigenvalue weighted by Gasteiger charge is 2.23. The maximum absolute atomic E-state index is 14.3. The first-order valence-electron chi connectivity index (χ1n) is 9.44. The van der Waals surface area contributed by atoms with Crippen LogP contribution >= 0.6 is 0 Å². The molecule has 0 bridgehead atoms. The number of nitrogens with zero attached hydrogens (tertiary/aromatic N) is 2. The third-order valence-electron chi connectivity index (χ3n) is 5.72. The summed E-state index contributed by atoms with van der Waals surface area (Å²) in [5.74, 6) is 0.398. The monoisotopic (exact) mass is 351 g/mol. The predicted octanol–water partition coefficient (Wildman–Crippen LogP) is 5.69. The molecule has 26 heavy (non-hydrogen) atoms. The number of aromatic nitrogens is 2. The zero-order valence-corrected chi connectivity index (χ0v) is 16.7. The number of aryl methyl sites for hydroxylation is 2. The number of fused-ring (bicyclic) bond motifs is 1. The van der Waals surface area contributed by atoms with Crippen molar-refractivity contribution < 1.29 is 8.96 Å². The van der Waals surface area contributed by atoms with Crippen LogP contribution in [-0.2, 0) is 7.05 Å². The van der Waals surface area contributed by atoms with Gasteiger partial charge in [-0.25, -0.2) is 8.96 Å². The Morgan fingerprint density at radius 2 is 1.77 bits per heavy atom. The van der Waals surface area contributed by atoms with Gasteiger partial charge < -0.3 is 0 Å². The third kappa shape index (κ3) is 2.90. The molecule has 1 aromatic heterocycles. The normalized spacial score (nSPS) is 11.5. The molecule has 0 saturated carbocycles. The van der Waals surface area contributed by atoms with Crippen LogP contribution in [0.3, 0.4) is 0 Å². The lowest BCUT2D eigenvalue weighted by molar-refractivity contribution is -0.662. The second kappa shape index (κ2) is 7.14. The summed E-state index contributed by atoms with van der Waals surface area (Å²) in [7, 11) is 2.01. The molecule has 0 spiro atoms. The van der Waals surface area contributed by atoms with E-state index in [0.717, 1.165) is 46.1 Å². The quantitative estimate of drug-likeness (QED) is 0.551. The van der Waals surface area contributed by atoms with Crippen LogP contribution in [0.4, 0.5) is 4.39 Å². The first-order valence-corrected chi connectivity index (χ1v) is 9.44. The molecule has 0 unspecified atom stereocenters. The smallest absolute Gasteiger partial charge is 0.232 e. The van der Waals surface area contributed by atoms with E-state index in [1.54, 1.807) is 0 Å². The summed E-state index contributed by atoms with van der Waals surface area (Å²) in [5.41, 5.74) is 6.95. The molecule has 136 valence electrons. The van der Waals surface area contributed by atoms with Crippen molar-refractivity contribution in [2.75, 3.05) is 0 Å². The van der Waals surface area contributed by atoms with Crippen molar-refractivity contribution in [1.29, 1.82) is 0 Å². The minimum atomic E-state index is -0.106. The van der Waals surface area contributed by atoms with Gasteiger partial charge in [-0.15, -0.1) is 0 Å². The van der Waals surface area contributed by atoms with Gasteiger partial charge in [-0.05, 0) is 73.3 Å². The molecule has 3 aromatic rings. The minimum absolute atomic E-state index is 0.106. The van der Waals surface area contributed by atoms with Crippen LogP contribution in [0.5, 0.6) is 0 Å².